The lowest BCUT2D eigenvalue weighted by atomic mass is 10.3. The van der Waals surface area contributed by atoms with Crippen molar-refractivity contribution in [3.05, 3.63) is 42.4 Å². The summed E-state index contributed by atoms with van der Waals surface area (Å²) < 4.78 is 36.6. The van der Waals surface area contributed by atoms with Crippen LogP contribution < -0.4 is 15.2 Å². The number of methoxy groups -OCH3 is 1. The summed E-state index contributed by atoms with van der Waals surface area (Å²) in [6.45, 7) is 0.0853. The lowest BCUT2D eigenvalue weighted by Gasteiger charge is -2.09. The monoisotopic (exact) mass is 282 g/mol. The van der Waals surface area contributed by atoms with E-state index in [1.807, 2.05) is 0 Å². The Morgan fingerprint density at radius 1 is 1.37 bits per heavy atom. The summed E-state index contributed by atoms with van der Waals surface area (Å²) in [5, 5.41) is 0. The third-order valence-electron chi connectivity index (χ3n) is 2.53. The molecular weight excluding hydrogens is 268 g/mol. The molecule has 0 saturated carbocycles. The highest BCUT2D eigenvalue weighted by molar-refractivity contribution is 7.89. The minimum absolute atomic E-state index is 0.0853. The van der Waals surface area contributed by atoms with Gasteiger partial charge in [-0.2, -0.15) is 0 Å². The van der Waals surface area contributed by atoms with Crippen LogP contribution in [0.1, 0.15) is 5.76 Å². The van der Waals surface area contributed by atoms with E-state index in [0.717, 1.165) is 0 Å². The number of furan rings is 1. The standard InChI is InChI=1S/C12H14N2O4S/c1-17-12-7-10(4-5-11(12)13)19(15,16)14-8-9-3-2-6-18-9/h2-7,14H,8,13H2,1H3. The van der Waals surface area contributed by atoms with Gasteiger partial charge in [-0.05, 0) is 24.3 Å². The molecule has 0 unspecified atom stereocenters. The molecule has 0 aliphatic rings. The number of nitrogen functional groups attached to an aromatic ring is 1. The molecule has 1 aromatic heterocycles. The van der Waals surface area contributed by atoms with Crippen molar-refractivity contribution < 1.29 is 17.6 Å². The van der Waals surface area contributed by atoms with Crippen molar-refractivity contribution in [1.82, 2.24) is 4.72 Å². The zero-order valence-corrected chi connectivity index (χ0v) is 11.1. The largest absolute Gasteiger partial charge is 0.495 e. The summed E-state index contributed by atoms with van der Waals surface area (Å²) in [6, 6.07) is 7.66. The molecule has 1 aromatic carbocycles. The molecule has 2 aromatic rings. The van der Waals surface area contributed by atoms with Gasteiger partial charge in [0.25, 0.3) is 0 Å². The molecule has 0 spiro atoms. The lowest BCUT2D eigenvalue weighted by molar-refractivity contribution is 0.415. The molecule has 3 N–H and O–H groups in total. The fraction of sp³-hybridized carbons (Fsp3) is 0.167. The summed E-state index contributed by atoms with van der Waals surface area (Å²) in [7, 11) is -2.20. The summed E-state index contributed by atoms with van der Waals surface area (Å²) in [5.74, 6) is 0.854. The van der Waals surface area contributed by atoms with Crippen LogP contribution in [0.3, 0.4) is 0 Å². The van der Waals surface area contributed by atoms with Gasteiger partial charge in [0.1, 0.15) is 11.5 Å². The third-order valence-corrected chi connectivity index (χ3v) is 3.93. The fourth-order valence-corrected chi connectivity index (χ4v) is 2.53. The minimum Gasteiger partial charge on any atom is -0.495 e. The third kappa shape index (κ3) is 3.07. The molecular formula is C12H14N2O4S. The van der Waals surface area contributed by atoms with E-state index in [9.17, 15) is 8.42 Å². The van der Waals surface area contributed by atoms with E-state index in [4.69, 9.17) is 14.9 Å². The van der Waals surface area contributed by atoms with Crippen LogP contribution in [0.25, 0.3) is 0 Å². The first-order valence-corrected chi connectivity index (χ1v) is 6.97. The van der Waals surface area contributed by atoms with Crippen LogP contribution >= 0.6 is 0 Å². The second-order valence-corrected chi connectivity index (χ2v) is 5.57. The topological polar surface area (TPSA) is 94.6 Å². The van der Waals surface area contributed by atoms with Gasteiger partial charge < -0.3 is 14.9 Å². The number of sulfonamides is 1. The van der Waals surface area contributed by atoms with Crippen LogP contribution in [0.2, 0.25) is 0 Å². The normalized spacial score (nSPS) is 11.4. The van der Waals surface area contributed by atoms with Gasteiger partial charge in [-0.15, -0.1) is 0 Å². The number of hydrogen-bond donors (Lipinski definition) is 2. The second-order valence-electron chi connectivity index (χ2n) is 3.81. The Labute approximate surface area is 111 Å². The second kappa shape index (κ2) is 5.33. The highest BCUT2D eigenvalue weighted by Gasteiger charge is 2.16. The molecule has 2 rings (SSSR count). The zero-order valence-electron chi connectivity index (χ0n) is 10.3. The van der Waals surface area contributed by atoms with Crippen LogP contribution in [-0.4, -0.2) is 15.5 Å². The van der Waals surface area contributed by atoms with Crippen molar-refractivity contribution in [3.63, 3.8) is 0 Å². The van der Waals surface area contributed by atoms with Crippen molar-refractivity contribution in [3.8, 4) is 5.75 Å². The molecule has 0 bridgehead atoms. The lowest BCUT2D eigenvalue weighted by Crippen LogP contribution is -2.23. The molecule has 0 fully saturated rings. The van der Waals surface area contributed by atoms with Crippen molar-refractivity contribution in [1.29, 1.82) is 0 Å². The molecule has 19 heavy (non-hydrogen) atoms. The number of nitrogens with two attached hydrogens (primary N) is 1. The van der Waals surface area contributed by atoms with Crippen molar-refractivity contribution >= 4 is 15.7 Å². The number of anilines is 1. The molecule has 0 saturated heterocycles. The van der Waals surface area contributed by atoms with Crippen molar-refractivity contribution in [2.24, 2.45) is 0 Å². The molecule has 1 heterocycles. The summed E-state index contributed by atoms with van der Waals surface area (Å²) in [4.78, 5) is 0.0881. The zero-order chi connectivity index (χ0) is 13.9. The summed E-state index contributed by atoms with van der Waals surface area (Å²) >= 11 is 0. The maximum absolute atomic E-state index is 12.1. The average molecular weight is 282 g/mol. The van der Waals surface area contributed by atoms with Crippen LogP contribution in [0.15, 0.2) is 45.9 Å². The Balaban J connectivity index is 2.19. The SMILES string of the molecule is COc1cc(S(=O)(=O)NCc2ccco2)ccc1N. The molecule has 0 radical (unpaired) electrons. The van der Waals surface area contributed by atoms with Crippen molar-refractivity contribution in [2.75, 3.05) is 12.8 Å². The van der Waals surface area contributed by atoms with Gasteiger partial charge in [-0.25, -0.2) is 13.1 Å². The maximum atomic E-state index is 12.1. The smallest absolute Gasteiger partial charge is 0.241 e. The van der Waals surface area contributed by atoms with E-state index in [0.29, 0.717) is 17.2 Å². The summed E-state index contributed by atoms with van der Waals surface area (Å²) in [6.07, 6.45) is 1.48. The van der Waals surface area contributed by atoms with Crippen LogP contribution in [0.5, 0.6) is 5.75 Å². The first kappa shape index (κ1) is 13.4. The number of rotatable bonds is 5. The first-order valence-electron chi connectivity index (χ1n) is 5.48. The number of benzene rings is 1. The average Bonchev–Trinajstić information content (AvgIpc) is 2.90. The number of ether oxygens (including phenoxy) is 1. The molecule has 102 valence electrons. The van der Waals surface area contributed by atoms with Gasteiger partial charge in [-0.3, -0.25) is 0 Å². The van der Waals surface area contributed by atoms with Gasteiger partial charge >= 0.3 is 0 Å². The van der Waals surface area contributed by atoms with E-state index in [1.54, 1.807) is 12.1 Å². The summed E-state index contributed by atoms with van der Waals surface area (Å²) in [5.41, 5.74) is 6.02. The van der Waals surface area contributed by atoms with Gasteiger partial charge in [0, 0.05) is 6.07 Å². The predicted molar refractivity (Wildman–Crippen MR) is 70.1 cm³/mol. The highest BCUT2D eigenvalue weighted by atomic mass is 32.2. The number of hydrogen-bond acceptors (Lipinski definition) is 5. The van der Waals surface area contributed by atoms with Crippen LogP contribution in [0, 0.1) is 0 Å². The van der Waals surface area contributed by atoms with Gasteiger partial charge in [0.2, 0.25) is 10.0 Å². The van der Waals surface area contributed by atoms with E-state index in [1.165, 1.54) is 31.6 Å². The molecule has 7 heteroatoms. The molecule has 0 aliphatic heterocycles. The molecule has 0 amide bonds. The van der Waals surface area contributed by atoms with Crippen LogP contribution in [0.4, 0.5) is 5.69 Å². The van der Waals surface area contributed by atoms with Gasteiger partial charge in [-0.1, -0.05) is 0 Å². The predicted octanol–water partition coefficient (Wildman–Crippen LogP) is 1.35. The minimum atomic E-state index is -3.63. The highest BCUT2D eigenvalue weighted by Crippen LogP contribution is 2.24. The van der Waals surface area contributed by atoms with Gasteiger partial charge in [0.05, 0.1) is 30.5 Å². The van der Waals surface area contributed by atoms with Gasteiger partial charge in [0.15, 0.2) is 0 Å². The van der Waals surface area contributed by atoms with Crippen molar-refractivity contribution in [2.45, 2.75) is 11.4 Å². The Hall–Kier alpha value is -1.99. The number of nitrogens with one attached hydrogen (secondary N) is 1. The first-order chi connectivity index (χ1) is 9.03. The molecule has 0 aliphatic carbocycles. The fourth-order valence-electron chi connectivity index (χ4n) is 1.52. The maximum Gasteiger partial charge on any atom is 0.241 e. The Morgan fingerprint density at radius 2 is 2.16 bits per heavy atom. The van der Waals surface area contributed by atoms with Crippen LogP contribution in [-0.2, 0) is 16.6 Å². The quantitative estimate of drug-likeness (QED) is 0.807. The molecule has 6 nitrogen and oxygen atoms in total. The van der Waals surface area contributed by atoms with E-state index >= 15 is 0 Å². The molecule has 0 atom stereocenters. The Kier molecular flexibility index (Phi) is 3.77. The Morgan fingerprint density at radius 3 is 2.79 bits per heavy atom. The van der Waals surface area contributed by atoms with E-state index in [2.05, 4.69) is 4.72 Å². The van der Waals surface area contributed by atoms with E-state index in [-0.39, 0.29) is 11.4 Å². The Bertz CT molecular complexity index is 650. The van der Waals surface area contributed by atoms with E-state index < -0.39 is 10.0 Å².